The van der Waals surface area contributed by atoms with Crippen LogP contribution < -0.4 is 0 Å². The lowest BCUT2D eigenvalue weighted by Crippen LogP contribution is -1.84. The molecular weight excluding hydrogens is 196 g/mol. The third-order valence-corrected chi connectivity index (χ3v) is 3.03. The van der Waals surface area contributed by atoms with E-state index in [2.05, 4.69) is 51.1 Å². The number of allylic oxidation sites excluding steroid dienone is 2. The average Bonchev–Trinajstić information content (AvgIpc) is 2.70. The Morgan fingerprint density at radius 3 is 2.62 bits per heavy atom. The zero-order chi connectivity index (χ0) is 11.7. The molecule has 0 spiro atoms. The first-order chi connectivity index (χ1) is 7.61. The van der Waals surface area contributed by atoms with Crippen molar-refractivity contribution in [3.63, 3.8) is 0 Å². The number of rotatable bonds is 2. The van der Waals surface area contributed by atoms with Gasteiger partial charge in [-0.25, -0.2) is 0 Å². The average molecular weight is 214 g/mol. The fraction of sp³-hybridized carbons (Fsp3) is 0.333. The van der Waals surface area contributed by atoms with Gasteiger partial charge in [-0.2, -0.15) is 0 Å². The van der Waals surface area contributed by atoms with Gasteiger partial charge in [-0.3, -0.25) is 0 Å². The van der Waals surface area contributed by atoms with E-state index in [1.165, 1.54) is 16.5 Å². The summed E-state index contributed by atoms with van der Waals surface area (Å²) in [5, 5.41) is 1.18. The first-order valence-electron chi connectivity index (χ1n) is 5.78. The van der Waals surface area contributed by atoms with Crippen molar-refractivity contribution in [2.45, 2.75) is 33.6 Å². The van der Waals surface area contributed by atoms with Crippen LogP contribution in [0.5, 0.6) is 0 Å². The zero-order valence-electron chi connectivity index (χ0n) is 10.4. The van der Waals surface area contributed by atoms with Crippen LogP contribution >= 0.6 is 0 Å². The Balaban J connectivity index is 2.54. The zero-order valence-corrected chi connectivity index (χ0v) is 10.4. The van der Waals surface area contributed by atoms with Gasteiger partial charge in [0, 0.05) is 5.39 Å². The predicted molar refractivity (Wildman–Crippen MR) is 69.6 cm³/mol. The van der Waals surface area contributed by atoms with Crippen LogP contribution in [0.25, 0.3) is 16.5 Å². The van der Waals surface area contributed by atoms with Gasteiger partial charge in [0.15, 0.2) is 0 Å². The van der Waals surface area contributed by atoms with Crippen molar-refractivity contribution in [1.29, 1.82) is 0 Å². The third kappa shape index (κ3) is 1.90. The standard InChI is InChI=1S/C15H18O/c1-5-11(4)14-9-13-7-6-12(10(2)3)8-15(13)16-14/h5-10H,1-4H3/b11-5+. The molecule has 0 aliphatic rings. The van der Waals surface area contributed by atoms with Gasteiger partial charge >= 0.3 is 0 Å². The molecule has 0 saturated carbocycles. The molecule has 0 radical (unpaired) electrons. The highest BCUT2D eigenvalue weighted by Gasteiger charge is 2.07. The van der Waals surface area contributed by atoms with Crippen molar-refractivity contribution < 1.29 is 4.42 Å². The molecule has 2 aromatic rings. The molecule has 0 N–H and O–H groups in total. The normalized spacial score (nSPS) is 12.7. The fourth-order valence-electron chi connectivity index (χ4n) is 1.74. The largest absolute Gasteiger partial charge is 0.456 e. The molecule has 1 heteroatoms. The lowest BCUT2D eigenvalue weighted by atomic mass is 10.0. The second kappa shape index (κ2) is 4.17. The predicted octanol–water partition coefficient (Wildman–Crippen LogP) is 4.98. The Morgan fingerprint density at radius 2 is 2.00 bits per heavy atom. The highest BCUT2D eigenvalue weighted by molar-refractivity contribution is 5.82. The van der Waals surface area contributed by atoms with Crippen LogP contribution in [0, 0.1) is 0 Å². The molecule has 1 aromatic carbocycles. The monoisotopic (exact) mass is 214 g/mol. The molecule has 84 valence electrons. The SMILES string of the molecule is C/C=C(\C)c1cc2ccc(C(C)C)cc2o1. The van der Waals surface area contributed by atoms with E-state index in [0.29, 0.717) is 5.92 Å². The number of benzene rings is 1. The minimum atomic E-state index is 0.542. The van der Waals surface area contributed by atoms with Crippen molar-refractivity contribution in [2.75, 3.05) is 0 Å². The molecule has 0 atom stereocenters. The summed E-state index contributed by atoms with van der Waals surface area (Å²) in [7, 11) is 0. The van der Waals surface area contributed by atoms with Crippen LogP contribution in [0.1, 0.15) is 44.9 Å². The Morgan fingerprint density at radius 1 is 1.25 bits per heavy atom. The summed E-state index contributed by atoms with van der Waals surface area (Å²) >= 11 is 0. The molecule has 1 nitrogen and oxygen atoms in total. The number of furan rings is 1. The lowest BCUT2D eigenvalue weighted by Gasteiger charge is -2.03. The molecule has 0 aliphatic carbocycles. The van der Waals surface area contributed by atoms with Crippen molar-refractivity contribution in [3.05, 3.63) is 41.7 Å². The molecule has 2 rings (SSSR count). The lowest BCUT2D eigenvalue weighted by molar-refractivity contribution is 0.598. The van der Waals surface area contributed by atoms with Crippen LogP contribution in [-0.2, 0) is 0 Å². The van der Waals surface area contributed by atoms with Crippen molar-refractivity contribution in [1.82, 2.24) is 0 Å². The van der Waals surface area contributed by atoms with Gasteiger partial charge in [-0.15, -0.1) is 0 Å². The van der Waals surface area contributed by atoms with E-state index in [-0.39, 0.29) is 0 Å². The Kier molecular flexibility index (Phi) is 2.86. The van der Waals surface area contributed by atoms with Crippen molar-refractivity contribution in [3.8, 4) is 0 Å². The minimum absolute atomic E-state index is 0.542. The summed E-state index contributed by atoms with van der Waals surface area (Å²) in [4.78, 5) is 0. The van der Waals surface area contributed by atoms with E-state index in [1.807, 2.05) is 6.92 Å². The number of hydrogen-bond donors (Lipinski definition) is 0. The van der Waals surface area contributed by atoms with Gasteiger partial charge in [0.2, 0.25) is 0 Å². The van der Waals surface area contributed by atoms with Crippen LogP contribution in [-0.4, -0.2) is 0 Å². The first kappa shape index (κ1) is 11.0. The molecule has 0 bridgehead atoms. The summed E-state index contributed by atoms with van der Waals surface area (Å²) in [6.45, 7) is 8.49. The minimum Gasteiger partial charge on any atom is -0.456 e. The molecule has 0 aliphatic heterocycles. The van der Waals surface area contributed by atoms with Gasteiger partial charge in [-0.05, 0) is 43.0 Å². The van der Waals surface area contributed by atoms with E-state index in [1.54, 1.807) is 0 Å². The Labute approximate surface area is 96.8 Å². The second-order valence-electron chi connectivity index (χ2n) is 4.53. The van der Waals surface area contributed by atoms with Crippen molar-refractivity contribution in [2.24, 2.45) is 0 Å². The molecule has 0 amide bonds. The van der Waals surface area contributed by atoms with Crippen LogP contribution in [0.2, 0.25) is 0 Å². The number of fused-ring (bicyclic) bond motifs is 1. The molecule has 0 saturated heterocycles. The van der Waals surface area contributed by atoms with E-state index < -0.39 is 0 Å². The third-order valence-electron chi connectivity index (χ3n) is 3.03. The highest BCUT2D eigenvalue weighted by atomic mass is 16.3. The van der Waals surface area contributed by atoms with Gasteiger partial charge in [0.1, 0.15) is 11.3 Å². The first-order valence-corrected chi connectivity index (χ1v) is 5.78. The Bertz CT molecular complexity index is 529. The maximum Gasteiger partial charge on any atom is 0.135 e. The molecular formula is C15H18O. The van der Waals surface area contributed by atoms with Crippen LogP contribution in [0.4, 0.5) is 0 Å². The smallest absolute Gasteiger partial charge is 0.135 e. The van der Waals surface area contributed by atoms with Gasteiger partial charge < -0.3 is 4.42 Å². The topological polar surface area (TPSA) is 13.1 Å². The highest BCUT2D eigenvalue weighted by Crippen LogP contribution is 2.27. The fourth-order valence-corrected chi connectivity index (χ4v) is 1.74. The Hall–Kier alpha value is -1.50. The molecule has 16 heavy (non-hydrogen) atoms. The van der Waals surface area contributed by atoms with Gasteiger partial charge in [0.25, 0.3) is 0 Å². The molecule has 0 unspecified atom stereocenters. The molecule has 1 aromatic heterocycles. The van der Waals surface area contributed by atoms with Gasteiger partial charge in [0.05, 0.1) is 0 Å². The summed E-state index contributed by atoms with van der Waals surface area (Å²) in [6.07, 6.45) is 2.07. The van der Waals surface area contributed by atoms with E-state index in [4.69, 9.17) is 4.42 Å². The molecule has 1 heterocycles. The maximum absolute atomic E-state index is 5.84. The number of hydrogen-bond acceptors (Lipinski definition) is 1. The van der Waals surface area contributed by atoms with Crippen LogP contribution in [0.15, 0.2) is 34.8 Å². The maximum atomic E-state index is 5.84. The quantitative estimate of drug-likeness (QED) is 0.687. The summed E-state index contributed by atoms with van der Waals surface area (Å²) in [6, 6.07) is 8.57. The van der Waals surface area contributed by atoms with E-state index >= 15 is 0 Å². The van der Waals surface area contributed by atoms with Gasteiger partial charge in [-0.1, -0.05) is 32.1 Å². The van der Waals surface area contributed by atoms with E-state index in [0.717, 1.165) is 11.3 Å². The van der Waals surface area contributed by atoms with Crippen molar-refractivity contribution >= 4 is 16.5 Å². The summed E-state index contributed by atoms with van der Waals surface area (Å²) in [5.41, 5.74) is 3.50. The van der Waals surface area contributed by atoms with Crippen LogP contribution in [0.3, 0.4) is 0 Å². The second-order valence-corrected chi connectivity index (χ2v) is 4.53. The van der Waals surface area contributed by atoms with E-state index in [9.17, 15) is 0 Å². The summed E-state index contributed by atoms with van der Waals surface area (Å²) < 4.78 is 5.84. The molecule has 0 fully saturated rings. The summed E-state index contributed by atoms with van der Waals surface area (Å²) in [5.74, 6) is 1.51.